The number of unbranched alkanes of at least 4 members (excludes halogenated alkanes) is 37. The average Bonchev–Trinajstić information content (AvgIpc) is 3.28. The van der Waals surface area contributed by atoms with E-state index in [1.54, 1.807) is 0 Å². The molecule has 372 valence electrons. The number of carbonyl (C=O) groups is 2. The van der Waals surface area contributed by atoms with Gasteiger partial charge < -0.3 is 20.3 Å². The smallest absolute Gasteiger partial charge is 0.305 e. The first-order valence-electron chi connectivity index (χ1n) is 28.1. The number of aliphatic hydroxyl groups is 2. The molecule has 0 saturated heterocycles. The van der Waals surface area contributed by atoms with Crippen molar-refractivity contribution >= 4 is 11.9 Å². The fourth-order valence-electron chi connectivity index (χ4n) is 8.62. The zero-order valence-electron chi connectivity index (χ0n) is 42.3. The van der Waals surface area contributed by atoms with Crippen LogP contribution in [0.4, 0.5) is 0 Å². The van der Waals surface area contributed by atoms with Gasteiger partial charge in [-0.25, -0.2) is 0 Å². The largest absolute Gasteiger partial charge is 0.466 e. The van der Waals surface area contributed by atoms with Crippen molar-refractivity contribution in [1.82, 2.24) is 5.32 Å². The van der Waals surface area contributed by atoms with Gasteiger partial charge in [-0.05, 0) is 70.6 Å². The van der Waals surface area contributed by atoms with E-state index in [0.717, 1.165) is 64.2 Å². The first kappa shape index (κ1) is 61.3. The van der Waals surface area contributed by atoms with Gasteiger partial charge in [0.1, 0.15) is 0 Å². The normalized spacial score (nSPS) is 12.8. The zero-order chi connectivity index (χ0) is 45.8. The highest BCUT2D eigenvalue weighted by molar-refractivity contribution is 5.76. The number of allylic oxidation sites excluding steroid dienone is 4. The molecule has 0 heterocycles. The van der Waals surface area contributed by atoms with Crippen LogP contribution in [0.3, 0.4) is 0 Å². The SMILES string of the molecule is CCCC/C=C\CCCCCCCC(=O)OCCCCCCCCC/C=C\CCCCCCCC(=O)NC(CO)C(O)CCCCCCCCCCCCCCCCCCCCC. The first-order chi connectivity index (χ1) is 31.0. The van der Waals surface area contributed by atoms with Crippen LogP contribution < -0.4 is 5.32 Å². The van der Waals surface area contributed by atoms with Gasteiger partial charge in [0, 0.05) is 12.8 Å². The van der Waals surface area contributed by atoms with Gasteiger partial charge in [0.25, 0.3) is 0 Å². The molecule has 2 atom stereocenters. The highest BCUT2D eigenvalue weighted by atomic mass is 16.5. The summed E-state index contributed by atoms with van der Waals surface area (Å²) in [5.41, 5.74) is 0. The van der Waals surface area contributed by atoms with Crippen LogP contribution in [0.15, 0.2) is 24.3 Å². The monoisotopic (exact) mass is 888 g/mol. The molecule has 6 nitrogen and oxygen atoms in total. The molecule has 0 aromatic carbocycles. The van der Waals surface area contributed by atoms with Crippen molar-refractivity contribution in [1.29, 1.82) is 0 Å². The Hall–Kier alpha value is -1.66. The van der Waals surface area contributed by atoms with Crippen molar-refractivity contribution in [3.05, 3.63) is 24.3 Å². The highest BCUT2D eigenvalue weighted by Gasteiger charge is 2.20. The zero-order valence-corrected chi connectivity index (χ0v) is 42.3. The molecule has 0 aliphatic rings. The number of nitrogens with one attached hydrogen (secondary N) is 1. The lowest BCUT2D eigenvalue weighted by Gasteiger charge is -2.22. The van der Waals surface area contributed by atoms with Crippen molar-refractivity contribution in [2.75, 3.05) is 13.2 Å². The van der Waals surface area contributed by atoms with E-state index in [2.05, 4.69) is 43.5 Å². The molecule has 6 heteroatoms. The number of aliphatic hydroxyl groups excluding tert-OH is 2. The van der Waals surface area contributed by atoms with Crippen molar-refractivity contribution in [3.8, 4) is 0 Å². The quantitative estimate of drug-likeness (QED) is 0.0321. The van der Waals surface area contributed by atoms with Crippen LogP contribution in [0.5, 0.6) is 0 Å². The van der Waals surface area contributed by atoms with E-state index in [9.17, 15) is 19.8 Å². The summed E-state index contributed by atoms with van der Waals surface area (Å²) in [4.78, 5) is 24.5. The molecule has 2 unspecified atom stereocenters. The second-order valence-electron chi connectivity index (χ2n) is 19.3. The van der Waals surface area contributed by atoms with Gasteiger partial charge in [0.05, 0.1) is 25.4 Å². The summed E-state index contributed by atoms with van der Waals surface area (Å²) in [7, 11) is 0. The summed E-state index contributed by atoms with van der Waals surface area (Å²) >= 11 is 0. The second-order valence-corrected chi connectivity index (χ2v) is 19.3. The van der Waals surface area contributed by atoms with Crippen LogP contribution in [0, 0.1) is 0 Å². The van der Waals surface area contributed by atoms with Gasteiger partial charge in [0.2, 0.25) is 5.91 Å². The van der Waals surface area contributed by atoms with Crippen molar-refractivity contribution < 1.29 is 24.5 Å². The van der Waals surface area contributed by atoms with Gasteiger partial charge in [0.15, 0.2) is 0 Å². The summed E-state index contributed by atoms with van der Waals surface area (Å²) in [5, 5.41) is 23.3. The molecule has 0 radical (unpaired) electrons. The Bertz CT molecular complexity index is 982. The Balaban J connectivity index is 3.48. The molecule has 63 heavy (non-hydrogen) atoms. The molecular formula is C57H109NO5. The minimum absolute atomic E-state index is 0.0137. The minimum atomic E-state index is -0.675. The lowest BCUT2D eigenvalue weighted by Crippen LogP contribution is -2.45. The molecule has 0 aromatic rings. The van der Waals surface area contributed by atoms with Crippen LogP contribution in [-0.4, -0.2) is 47.4 Å². The van der Waals surface area contributed by atoms with Gasteiger partial charge in [-0.15, -0.1) is 0 Å². The Morgan fingerprint density at radius 1 is 0.429 bits per heavy atom. The third kappa shape index (κ3) is 49.6. The molecule has 1 amide bonds. The van der Waals surface area contributed by atoms with Gasteiger partial charge in [-0.2, -0.15) is 0 Å². The van der Waals surface area contributed by atoms with E-state index in [1.165, 1.54) is 205 Å². The first-order valence-corrected chi connectivity index (χ1v) is 28.1. The van der Waals surface area contributed by atoms with E-state index in [1.807, 2.05) is 0 Å². The predicted octanol–water partition coefficient (Wildman–Crippen LogP) is 17.1. The molecule has 0 aliphatic heterocycles. The van der Waals surface area contributed by atoms with Crippen LogP contribution in [-0.2, 0) is 14.3 Å². The molecule has 0 aliphatic carbocycles. The summed E-state index contributed by atoms with van der Waals surface area (Å²) in [6, 6.07) is -0.554. The third-order valence-corrected chi connectivity index (χ3v) is 13.0. The van der Waals surface area contributed by atoms with Gasteiger partial charge in [-0.1, -0.05) is 244 Å². The van der Waals surface area contributed by atoms with Crippen LogP contribution in [0.25, 0.3) is 0 Å². The number of rotatable bonds is 52. The standard InChI is InChI=1S/C57H109NO5/c1-3-5-7-9-11-13-15-16-17-18-19-20-23-26-30-33-37-41-45-49-55(60)54(53-59)58-56(61)50-46-42-38-34-31-27-24-21-22-25-28-32-36-40-44-48-52-63-57(62)51-47-43-39-35-29-14-12-10-8-6-4-2/h10,12,21,24,54-55,59-60H,3-9,11,13-20,22-23,25-53H2,1-2H3,(H,58,61)/b12-10-,24-21-. The Kier molecular flexibility index (Phi) is 51.6. The van der Waals surface area contributed by atoms with E-state index < -0.39 is 12.1 Å². The maximum atomic E-state index is 12.5. The highest BCUT2D eigenvalue weighted by Crippen LogP contribution is 2.17. The topological polar surface area (TPSA) is 95.9 Å². The third-order valence-electron chi connectivity index (χ3n) is 13.0. The Morgan fingerprint density at radius 3 is 1.17 bits per heavy atom. The van der Waals surface area contributed by atoms with E-state index in [4.69, 9.17) is 4.74 Å². The molecule has 0 fully saturated rings. The molecular weight excluding hydrogens is 779 g/mol. The maximum absolute atomic E-state index is 12.5. The minimum Gasteiger partial charge on any atom is -0.466 e. The van der Waals surface area contributed by atoms with Crippen LogP contribution in [0.2, 0.25) is 0 Å². The van der Waals surface area contributed by atoms with Gasteiger partial charge in [-0.3, -0.25) is 9.59 Å². The molecule has 0 aromatic heterocycles. The molecule has 3 N–H and O–H groups in total. The predicted molar refractivity (Wildman–Crippen MR) is 273 cm³/mol. The van der Waals surface area contributed by atoms with Crippen LogP contribution in [0.1, 0.15) is 303 Å². The fraction of sp³-hybridized carbons (Fsp3) is 0.895. The van der Waals surface area contributed by atoms with E-state index in [0.29, 0.717) is 25.9 Å². The van der Waals surface area contributed by atoms with Crippen molar-refractivity contribution in [2.45, 2.75) is 315 Å². The Morgan fingerprint density at radius 2 is 0.762 bits per heavy atom. The van der Waals surface area contributed by atoms with E-state index >= 15 is 0 Å². The summed E-state index contributed by atoms with van der Waals surface area (Å²) in [6.45, 7) is 4.90. The second kappa shape index (κ2) is 53.0. The average molecular weight is 889 g/mol. The number of hydrogen-bond acceptors (Lipinski definition) is 5. The lowest BCUT2D eigenvalue weighted by molar-refractivity contribution is -0.143. The summed E-state index contributed by atoms with van der Waals surface area (Å²) < 4.78 is 5.44. The van der Waals surface area contributed by atoms with Crippen LogP contribution >= 0.6 is 0 Å². The molecule has 0 spiro atoms. The molecule has 0 bridgehead atoms. The van der Waals surface area contributed by atoms with Crippen molar-refractivity contribution in [2.24, 2.45) is 0 Å². The molecule has 0 saturated carbocycles. The number of esters is 1. The number of carbonyl (C=O) groups excluding carboxylic acids is 2. The fourth-order valence-corrected chi connectivity index (χ4v) is 8.62. The van der Waals surface area contributed by atoms with Gasteiger partial charge >= 0.3 is 5.97 Å². The summed E-state index contributed by atoms with van der Waals surface area (Å²) in [6.07, 6.45) is 63.0. The van der Waals surface area contributed by atoms with E-state index in [-0.39, 0.29) is 18.5 Å². The van der Waals surface area contributed by atoms with Crippen molar-refractivity contribution in [3.63, 3.8) is 0 Å². The Labute approximate surface area is 392 Å². The molecule has 0 rings (SSSR count). The summed E-state index contributed by atoms with van der Waals surface area (Å²) in [5.74, 6) is -0.0640. The lowest BCUT2D eigenvalue weighted by atomic mass is 10.0. The number of hydrogen-bond donors (Lipinski definition) is 3. The maximum Gasteiger partial charge on any atom is 0.305 e. The number of ether oxygens (including phenoxy) is 1. The number of amides is 1.